The van der Waals surface area contributed by atoms with Gasteiger partial charge in [0, 0.05) is 12.3 Å². The molecule has 4 heteroatoms. The Morgan fingerprint density at radius 2 is 2.39 bits per heavy atom. The van der Waals surface area contributed by atoms with Gasteiger partial charge in [0.1, 0.15) is 5.75 Å². The lowest BCUT2D eigenvalue weighted by Crippen LogP contribution is -1.83. The molecule has 0 saturated carbocycles. The molecule has 90 valence electrons. The number of aromatic amines is 1. The number of hydrogen-bond donors (Lipinski definition) is 1. The molecule has 3 nitrogen and oxygen atoms in total. The highest BCUT2D eigenvalue weighted by atomic mass is 32.1. The van der Waals surface area contributed by atoms with Crippen LogP contribution in [0.2, 0.25) is 0 Å². The number of H-pyrrole nitrogens is 1. The van der Waals surface area contributed by atoms with Crippen molar-refractivity contribution >= 4 is 23.6 Å². The highest BCUT2D eigenvalue weighted by Gasteiger charge is 2.09. The Morgan fingerprint density at radius 3 is 3.06 bits per heavy atom. The number of rotatable bonds is 3. The summed E-state index contributed by atoms with van der Waals surface area (Å²) in [6.45, 7) is 0. The Bertz CT molecular complexity index is 619. The second kappa shape index (κ2) is 4.66. The zero-order valence-corrected chi connectivity index (χ0v) is 10.7. The number of nitrogens with one attached hydrogen (secondary N) is 1. The first-order valence-electron chi connectivity index (χ1n) is 5.60. The molecular formula is C14H12N2OS. The summed E-state index contributed by atoms with van der Waals surface area (Å²) in [7, 11) is 1.68. The van der Waals surface area contributed by atoms with Crippen LogP contribution in [0.4, 0.5) is 0 Å². The molecule has 0 unspecified atom stereocenters. The third-order valence-corrected chi connectivity index (χ3v) is 3.59. The van der Waals surface area contributed by atoms with E-state index in [1.54, 1.807) is 24.7 Å². The number of ether oxygens (including phenoxy) is 1. The number of thiophene rings is 1. The molecule has 1 aliphatic rings. The first-order chi connectivity index (χ1) is 8.86. The van der Waals surface area contributed by atoms with Gasteiger partial charge in [-0.05, 0) is 29.7 Å². The number of allylic oxidation sites excluding steroid dienone is 2. The van der Waals surface area contributed by atoms with Gasteiger partial charge in [0.05, 0.1) is 29.1 Å². The van der Waals surface area contributed by atoms with E-state index in [4.69, 9.17) is 4.74 Å². The van der Waals surface area contributed by atoms with Crippen LogP contribution in [-0.4, -0.2) is 18.3 Å². The van der Waals surface area contributed by atoms with E-state index >= 15 is 0 Å². The Hall–Kier alpha value is -2.07. The van der Waals surface area contributed by atoms with E-state index in [9.17, 15) is 0 Å². The fourth-order valence-corrected chi connectivity index (χ4v) is 2.54. The van der Waals surface area contributed by atoms with Gasteiger partial charge in [0.2, 0.25) is 0 Å². The zero-order chi connectivity index (χ0) is 12.4. The second-order valence-electron chi connectivity index (χ2n) is 3.85. The van der Waals surface area contributed by atoms with E-state index in [2.05, 4.69) is 21.4 Å². The molecule has 0 saturated heterocycles. The van der Waals surface area contributed by atoms with Crippen LogP contribution in [0.5, 0.6) is 5.75 Å². The Kier molecular flexibility index (Phi) is 2.86. The van der Waals surface area contributed by atoms with Crippen LogP contribution in [0.1, 0.15) is 5.69 Å². The fraction of sp³-hybridized carbons (Fsp3) is 0.0714. The summed E-state index contributed by atoms with van der Waals surface area (Å²) in [5, 5.41) is 2.06. The Balaban J connectivity index is 2.01. The Labute approximate surface area is 109 Å². The maximum atomic E-state index is 5.39. The molecule has 3 rings (SSSR count). The van der Waals surface area contributed by atoms with Crippen LogP contribution in [0.3, 0.4) is 0 Å². The molecule has 18 heavy (non-hydrogen) atoms. The third kappa shape index (κ3) is 2.02. The second-order valence-corrected chi connectivity index (χ2v) is 4.80. The van der Waals surface area contributed by atoms with E-state index in [1.807, 2.05) is 30.4 Å². The van der Waals surface area contributed by atoms with Crippen molar-refractivity contribution in [1.82, 2.24) is 4.98 Å². The third-order valence-electron chi connectivity index (χ3n) is 2.69. The van der Waals surface area contributed by atoms with Crippen LogP contribution in [-0.2, 0) is 0 Å². The van der Waals surface area contributed by atoms with E-state index < -0.39 is 0 Å². The van der Waals surface area contributed by atoms with Crippen LogP contribution < -0.4 is 4.74 Å². The summed E-state index contributed by atoms with van der Waals surface area (Å²) in [6, 6.07) is 6.14. The molecule has 1 N–H and O–H groups in total. The highest BCUT2D eigenvalue weighted by molar-refractivity contribution is 7.13. The molecule has 2 aromatic heterocycles. The maximum absolute atomic E-state index is 5.39. The van der Waals surface area contributed by atoms with Crippen LogP contribution in [0.15, 0.2) is 46.4 Å². The minimum Gasteiger partial charge on any atom is -0.494 e. The van der Waals surface area contributed by atoms with Gasteiger partial charge in [0.25, 0.3) is 0 Å². The standard InChI is InChI=1S/C14H12N2OS/c1-17-13-9-12(14-5-3-7-18-14)16-11(13)8-10-4-2-6-15-10/h2-9,16H,1H3. The predicted molar refractivity (Wildman–Crippen MR) is 76.3 cm³/mol. The lowest BCUT2D eigenvalue weighted by molar-refractivity contribution is 0.414. The van der Waals surface area contributed by atoms with Gasteiger partial charge < -0.3 is 9.72 Å². The molecule has 2 aromatic rings. The van der Waals surface area contributed by atoms with Crippen LogP contribution in [0, 0.1) is 0 Å². The first kappa shape index (κ1) is 11.0. The van der Waals surface area contributed by atoms with Gasteiger partial charge in [-0.15, -0.1) is 11.3 Å². The van der Waals surface area contributed by atoms with Gasteiger partial charge in [0.15, 0.2) is 0 Å². The molecule has 0 amide bonds. The number of aliphatic imine (C=N–C) groups is 1. The van der Waals surface area contributed by atoms with Crippen molar-refractivity contribution < 1.29 is 4.74 Å². The van der Waals surface area contributed by atoms with Crippen molar-refractivity contribution in [3.05, 3.63) is 47.1 Å². The zero-order valence-electron chi connectivity index (χ0n) is 9.88. The summed E-state index contributed by atoms with van der Waals surface area (Å²) in [5.74, 6) is 0.835. The topological polar surface area (TPSA) is 37.4 Å². The van der Waals surface area contributed by atoms with Gasteiger partial charge in [-0.3, -0.25) is 4.99 Å². The van der Waals surface area contributed by atoms with Crippen molar-refractivity contribution in [2.24, 2.45) is 4.99 Å². The lowest BCUT2D eigenvalue weighted by atomic mass is 10.3. The largest absolute Gasteiger partial charge is 0.494 e. The summed E-state index contributed by atoms with van der Waals surface area (Å²) >= 11 is 1.70. The van der Waals surface area contributed by atoms with Crippen molar-refractivity contribution in [1.29, 1.82) is 0 Å². The monoisotopic (exact) mass is 256 g/mol. The molecule has 0 aliphatic carbocycles. The van der Waals surface area contributed by atoms with Gasteiger partial charge >= 0.3 is 0 Å². The summed E-state index contributed by atoms with van der Waals surface area (Å²) < 4.78 is 5.39. The minimum atomic E-state index is 0.835. The van der Waals surface area contributed by atoms with E-state index in [1.165, 1.54) is 4.88 Å². The molecule has 0 bridgehead atoms. The van der Waals surface area contributed by atoms with Crippen molar-refractivity contribution in [3.8, 4) is 16.3 Å². The van der Waals surface area contributed by atoms with Crippen molar-refractivity contribution in [2.45, 2.75) is 0 Å². The fourth-order valence-electron chi connectivity index (χ4n) is 1.84. The molecule has 1 aliphatic heterocycles. The summed E-state index contributed by atoms with van der Waals surface area (Å²) in [5.41, 5.74) is 2.94. The van der Waals surface area contributed by atoms with Gasteiger partial charge in [-0.1, -0.05) is 6.07 Å². The number of aromatic nitrogens is 1. The first-order valence-corrected chi connectivity index (χ1v) is 6.48. The van der Waals surface area contributed by atoms with E-state index in [-0.39, 0.29) is 0 Å². The lowest BCUT2D eigenvalue weighted by Gasteiger charge is -1.96. The molecule has 0 atom stereocenters. The number of hydrogen-bond acceptors (Lipinski definition) is 3. The molecule has 0 spiro atoms. The molecule has 0 radical (unpaired) electrons. The normalized spacial score (nSPS) is 15.7. The van der Waals surface area contributed by atoms with Crippen molar-refractivity contribution in [2.75, 3.05) is 7.11 Å². The minimum absolute atomic E-state index is 0.835. The SMILES string of the molecule is COc1cc(-c2cccs2)[nH]c1C=C1C=CC=N1. The Morgan fingerprint density at radius 1 is 1.44 bits per heavy atom. The van der Waals surface area contributed by atoms with Crippen LogP contribution >= 0.6 is 11.3 Å². The molecular weight excluding hydrogens is 244 g/mol. The van der Waals surface area contributed by atoms with Crippen molar-refractivity contribution in [3.63, 3.8) is 0 Å². The van der Waals surface area contributed by atoms with E-state index in [0.717, 1.165) is 22.8 Å². The van der Waals surface area contributed by atoms with Gasteiger partial charge in [-0.25, -0.2) is 0 Å². The molecule has 0 aromatic carbocycles. The quantitative estimate of drug-likeness (QED) is 0.892. The highest BCUT2D eigenvalue weighted by Crippen LogP contribution is 2.31. The average molecular weight is 256 g/mol. The number of methoxy groups -OCH3 is 1. The predicted octanol–water partition coefficient (Wildman–Crippen LogP) is 3.73. The summed E-state index contributed by atoms with van der Waals surface area (Å²) in [6.07, 6.45) is 7.64. The summed E-state index contributed by atoms with van der Waals surface area (Å²) in [4.78, 5) is 8.79. The van der Waals surface area contributed by atoms with Gasteiger partial charge in [-0.2, -0.15) is 0 Å². The van der Waals surface area contributed by atoms with E-state index in [0.29, 0.717) is 0 Å². The average Bonchev–Trinajstić information content (AvgIpc) is 3.10. The molecule has 3 heterocycles. The maximum Gasteiger partial charge on any atom is 0.144 e. The smallest absolute Gasteiger partial charge is 0.144 e. The van der Waals surface area contributed by atoms with Crippen LogP contribution in [0.25, 0.3) is 16.6 Å². The number of nitrogens with zero attached hydrogens (tertiary/aromatic N) is 1. The molecule has 0 fully saturated rings.